The average molecular weight is 256 g/mol. The molecule has 96 valence electrons. The second-order valence-corrected chi connectivity index (χ2v) is 4.16. The Hall–Kier alpha value is -2.24. The number of phenols is 2. The first-order valence-corrected chi connectivity index (χ1v) is 5.72. The van der Waals surface area contributed by atoms with Gasteiger partial charge in [-0.1, -0.05) is 36.4 Å². The van der Waals surface area contributed by atoms with Gasteiger partial charge in [0.25, 0.3) is 0 Å². The maximum Gasteiger partial charge on any atom is 0.488 e. The number of aromatic hydroxyl groups is 2. The number of benzene rings is 2. The van der Waals surface area contributed by atoms with Gasteiger partial charge in [-0.2, -0.15) is 0 Å². The molecule has 5 heteroatoms. The van der Waals surface area contributed by atoms with Crippen LogP contribution < -0.4 is 5.46 Å². The van der Waals surface area contributed by atoms with E-state index in [2.05, 4.69) is 0 Å². The molecule has 0 aliphatic heterocycles. The van der Waals surface area contributed by atoms with Crippen LogP contribution in [0.5, 0.6) is 11.5 Å². The lowest BCUT2D eigenvalue weighted by molar-refractivity contribution is 0.425. The Morgan fingerprint density at radius 3 is 1.79 bits per heavy atom. The molecule has 2 aromatic carbocycles. The topological polar surface area (TPSA) is 80.9 Å². The second kappa shape index (κ2) is 5.60. The van der Waals surface area contributed by atoms with E-state index in [1.807, 2.05) is 0 Å². The molecule has 0 aliphatic carbocycles. The van der Waals surface area contributed by atoms with Crippen molar-refractivity contribution in [2.45, 2.75) is 0 Å². The van der Waals surface area contributed by atoms with Crippen LogP contribution in [0.4, 0.5) is 0 Å². The van der Waals surface area contributed by atoms with Gasteiger partial charge in [0.15, 0.2) is 0 Å². The summed E-state index contributed by atoms with van der Waals surface area (Å²) < 4.78 is 0. The van der Waals surface area contributed by atoms with Crippen LogP contribution in [0.15, 0.2) is 42.5 Å². The van der Waals surface area contributed by atoms with Crippen LogP contribution in [0.2, 0.25) is 0 Å². The molecule has 2 rings (SSSR count). The highest BCUT2D eigenvalue weighted by Gasteiger charge is 2.08. The van der Waals surface area contributed by atoms with Gasteiger partial charge in [-0.3, -0.25) is 0 Å². The monoisotopic (exact) mass is 256 g/mol. The van der Waals surface area contributed by atoms with E-state index >= 15 is 0 Å². The number of hydrogen-bond donors (Lipinski definition) is 4. The predicted molar refractivity (Wildman–Crippen MR) is 75.0 cm³/mol. The highest BCUT2D eigenvalue weighted by atomic mass is 16.4. The van der Waals surface area contributed by atoms with Crippen molar-refractivity contribution >= 4 is 24.7 Å². The molecule has 2 aromatic rings. The quantitative estimate of drug-likeness (QED) is 0.487. The minimum absolute atomic E-state index is 0.00148. The number of rotatable bonds is 3. The summed E-state index contributed by atoms with van der Waals surface area (Å²) in [7, 11) is -1.47. The van der Waals surface area contributed by atoms with Gasteiger partial charge in [-0.05, 0) is 28.7 Å². The van der Waals surface area contributed by atoms with Crippen molar-refractivity contribution < 1.29 is 20.3 Å². The van der Waals surface area contributed by atoms with E-state index in [4.69, 9.17) is 10.0 Å². The van der Waals surface area contributed by atoms with Gasteiger partial charge < -0.3 is 20.3 Å². The number of phenolic OH excluding ortho intramolecular Hbond substituents is 2. The first-order chi connectivity index (χ1) is 9.04. The van der Waals surface area contributed by atoms with Crippen molar-refractivity contribution in [1.82, 2.24) is 0 Å². The lowest BCUT2D eigenvalue weighted by atomic mass is 9.80. The summed E-state index contributed by atoms with van der Waals surface area (Å²) >= 11 is 0. The van der Waals surface area contributed by atoms with Crippen molar-refractivity contribution in [2.24, 2.45) is 0 Å². The molecular formula is C14H13BO4. The van der Waals surface area contributed by atoms with E-state index in [1.165, 1.54) is 18.2 Å². The molecule has 0 radical (unpaired) electrons. The van der Waals surface area contributed by atoms with E-state index in [1.54, 1.807) is 36.4 Å². The van der Waals surface area contributed by atoms with Gasteiger partial charge in [0.1, 0.15) is 11.5 Å². The highest BCUT2D eigenvalue weighted by Crippen LogP contribution is 2.21. The summed E-state index contributed by atoms with van der Waals surface area (Å²) in [6, 6.07) is 11.0. The summed E-state index contributed by atoms with van der Waals surface area (Å²) in [6.45, 7) is 0. The summed E-state index contributed by atoms with van der Waals surface area (Å²) in [4.78, 5) is 0. The van der Waals surface area contributed by atoms with E-state index < -0.39 is 7.12 Å². The minimum atomic E-state index is -1.47. The molecule has 19 heavy (non-hydrogen) atoms. The molecular weight excluding hydrogens is 243 g/mol. The molecule has 0 amide bonds. The van der Waals surface area contributed by atoms with Crippen LogP contribution in [0.1, 0.15) is 11.1 Å². The van der Waals surface area contributed by atoms with Crippen molar-refractivity contribution in [1.29, 1.82) is 0 Å². The third-order valence-electron chi connectivity index (χ3n) is 2.63. The van der Waals surface area contributed by atoms with Crippen LogP contribution in [-0.4, -0.2) is 27.4 Å². The maximum absolute atomic E-state index is 9.34. The van der Waals surface area contributed by atoms with Crippen molar-refractivity contribution in [3.8, 4) is 11.5 Å². The number of hydrogen-bond acceptors (Lipinski definition) is 4. The van der Waals surface area contributed by atoms with Crippen molar-refractivity contribution in [3.05, 3.63) is 53.6 Å². The van der Waals surface area contributed by atoms with Crippen LogP contribution in [0.25, 0.3) is 12.2 Å². The van der Waals surface area contributed by atoms with E-state index in [-0.39, 0.29) is 11.5 Å². The molecule has 0 bridgehead atoms. The van der Waals surface area contributed by atoms with E-state index in [0.29, 0.717) is 11.0 Å². The lowest BCUT2D eigenvalue weighted by Gasteiger charge is -2.00. The zero-order valence-electron chi connectivity index (χ0n) is 10.1. The zero-order chi connectivity index (χ0) is 13.8. The third-order valence-corrected chi connectivity index (χ3v) is 2.63. The summed E-state index contributed by atoms with van der Waals surface area (Å²) in [5.74, 6) is -0.00296. The van der Waals surface area contributed by atoms with E-state index in [9.17, 15) is 10.2 Å². The first-order valence-electron chi connectivity index (χ1n) is 5.72. The lowest BCUT2D eigenvalue weighted by Crippen LogP contribution is -2.29. The molecule has 0 saturated heterocycles. The fourth-order valence-electron chi connectivity index (χ4n) is 1.69. The Kier molecular flexibility index (Phi) is 3.89. The smallest absolute Gasteiger partial charge is 0.488 e. The van der Waals surface area contributed by atoms with Gasteiger partial charge >= 0.3 is 7.12 Å². The van der Waals surface area contributed by atoms with Crippen molar-refractivity contribution in [2.75, 3.05) is 0 Å². The summed E-state index contributed by atoms with van der Waals surface area (Å²) in [6.07, 6.45) is 3.53. The molecule has 0 fully saturated rings. The normalized spacial score (nSPS) is 10.8. The van der Waals surface area contributed by atoms with E-state index in [0.717, 1.165) is 5.56 Å². The Bertz CT molecular complexity index is 571. The largest absolute Gasteiger partial charge is 0.508 e. The molecule has 0 saturated carbocycles. The van der Waals surface area contributed by atoms with Crippen molar-refractivity contribution in [3.63, 3.8) is 0 Å². The maximum atomic E-state index is 9.34. The zero-order valence-corrected chi connectivity index (χ0v) is 10.1. The van der Waals surface area contributed by atoms with Crippen LogP contribution in [0, 0.1) is 0 Å². The Labute approximate surface area is 111 Å². The highest BCUT2D eigenvalue weighted by molar-refractivity contribution is 6.58. The van der Waals surface area contributed by atoms with Gasteiger partial charge in [0.05, 0.1) is 0 Å². The molecule has 0 atom stereocenters. The van der Waals surface area contributed by atoms with Crippen LogP contribution in [-0.2, 0) is 0 Å². The average Bonchev–Trinajstić information content (AvgIpc) is 2.36. The van der Waals surface area contributed by atoms with Crippen LogP contribution >= 0.6 is 0 Å². The minimum Gasteiger partial charge on any atom is -0.508 e. The molecule has 0 aromatic heterocycles. The molecule has 0 heterocycles. The first kappa shape index (κ1) is 13.2. The second-order valence-electron chi connectivity index (χ2n) is 4.16. The molecule has 0 unspecified atom stereocenters. The fourth-order valence-corrected chi connectivity index (χ4v) is 1.69. The Morgan fingerprint density at radius 1 is 0.737 bits per heavy atom. The standard InChI is InChI=1S/C14H13BO4/c16-13-7-11(8-14(17)9-13)2-1-10-3-5-12(6-4-10)15(18)19/h1-9,16-19H. The Balaban J connectivity index is 2.17. The van der Waals surface area contributed by atoms with Crippen LogP contribution in [0.3, 0.4) is 0 Å². The predicted octanol–water partition coefficient (Wildman–Crippen LogP) is 0.948. The molecule has 4 N–H and O–H groups in total. The Morgan fingerprint density at radius 2 is 1.26 bits per heavy atom. The van der Waals surface area contributed by atoms with Gasteiger partial charge in [0, 0.05) is 6.07 Å². The van der Waals surface area contributed by atoms with Gasteiger partial charge in [0.2, 0.25) is 0 Å². The SMILES string of the molecule is OB(O)c1ccc(C=Cc2cc(O)cc(O)c2)cc1. The van der Waals surface area contributed by atoms with Gasteiger partial charge in [-0.15, -0.1) is 0 Å². The summed E-state index contributed by atoms with van der Waals surface area (Å²) in [5.41, 5.74) is 1.96. The third kappa shape index (κ3) is 3.61. The molecule has 4 nitrogen and oxygen atoms in total. The fraction of sp³-hybridized carbons (Fsp3) is 0. The summed E-state index contributed by atoms with van der Waals surface area (Å²) in [5, 5.41) is 36.6. The molecule has 0 spiro atoms. The van der Waals surface area contributed by atoms with Gasteiger partial charge in [-0.25, -0.2) is 0 Å². The molecule has 0 aliphatic rings.